The molecule has 0 unspecified atom stereocenters. The number of aryl methyl sites for hydroxylation is 1. The zero-order valence-corrected chi connectivity index (χ0v) is 12.7. The molecule has 0 saturated heterocycles. The van der Waals surface area contributed by atoms with Crippen LogP contribution >= 0.6 is 0 Å². The molecule has 0 aromatic heterocycles. The van der Waals surface area contributed by atoms with E-state index in [9.17, 15) is 4.79 Å². The van der Waals surface area contributed by atoms with Crippen molar-refractivity contribution in [2.45, 2.75) is 39.2 Å². The van der Waals surface area contributed by atoms with Gasteiger partial charge in [-0.3, -0.25) is 4.79 Å². The Morgan fingerprint density at radius 1 is 1.45 bits per heavy atom. The molecule has 4 nitrogen and oxygen atoms in total. The van der Waals surface area contributed by atoms with Gasteiger partial charge in [0, 0.05) is 12.3 Å². The van der Waals surface area contributed by atoms with E-state index in [4.69, 9.17) is 9.47 Å². The Bertz CT molecular complexity index is 496. The summed E-state index contributed by atoms with van der Waals surface area (Å²) >= 11 is 0. The van der Waals surface area contributed by atoms with Crippen LogP contribution in [0, 0.1) is 12.8 Å². The molecule has 1 fully saturated rings. The van der Waals surface area contributed by atoms with E-state index in [1.165, 1.54) is 0 Å². The maximum absolute atomic E-state index is 12.5. The van der Waals surface area contributed by atoms with E-state index in [-0.39, 0.29) is 5.91 Å². The smallest absolute Gasteiger partial charge is 0.256 e. The van der Waals surface area contributed by atoms with Gasteiger partial charge in [0.1, 0.15) is 11.4 Å². The molecule has 0 aliphatic heterocycles. The minimum absolute atomic E-state index is 0.0635. The molecule has 1 aliphatic carbocycles. The number of benzene rings is 1. The van der Waals surface area contributed by atoms with Gasteiger partial charge in [0.05, 0.1) is 7.11 Å². The lowest BCUT2D eigenvalue weighted by atomic mass is 9.98. The topological polar surface area (TPSA) is 47.6 Å². The normalized spacial score (nSPS) is 17.4. The highest BCUT2D eigenvalue weighted by atomic mass is 16.5. The molecular weight excluding hydrogens is 254 g/mol. The highest BCUT2D eigenvalue weighted by Gasteiger charge is 2.48. The number of anilines is 1. The van der Waals surface area contributed by atoms with Crippen molar-refractivity contribution in [1.29, 1.82) is 0 Å². The summed E-state index contributed by atoms with van der Waals surface area (Å²) < 4.78 is 10.9. The second-order valence-electron chi connectivity index (χ2n) is 5.45. The van der Waals surface area contributed by atoms with E-state index < -0.39 is 5.60 Å². The minimum atomic E-state index is -0.720. The van der Waals surface area contributed by atoms with Crippen LogP contribution in [0.5, 0.6) is 5.75 Å². The number of ether oxygens (including phenoxy) is 2. The molecule has 20 heavy (non-hydrogen) atoms. The number of rotatable bonds is 6. The molecule has 0 spiro atoms. The molecule has 0 heterocycles. The fraction of sp³-hybridized carbons (Fsp3) is 0.562. The van der Waals surface area contributed by atoms with Crippen LogP contribution in [0.4, 0.5) is 5.69 Å². The number of amides is 1. The van der Waals surface area contributed by atoms with Crippen LogP contribution < -0.4 is 10.1 Å². The Morgan fingerprint density at radius 2 is 2.15 bits per heavy atom. The van der Waals surface area contributed by atoms with Gasteiger partial charge in [0.2, 0.25) is 0 Å². The first-order chi connectivity index (χ1) is 9.51. The van der Waals surface area contributed by atoms with Crippen molar-refractivity contribution >= 4 is 11.6 Å². The Labute approximate surface area is 120 Å². The van der Waals surface area contributed by atoms with Crippen molar-refractivity contribution in [1.82, 2.24) is 0 Å². The van der Waals surface area contributed by atoms with Crippen LogP contribution in [0.2, 0.25) is 0 Å². The van der Waals surface area contributed by atoms with Gasteiger partial charge in [-0.05, 0) is 63.3 Å². The van der Waals surface area contributed by atoms with Crippen molar-refractivity contribution < 1.29 is 14.3 Å². The maximum atomic E-state index is 12.5. The molecule has 1 aromatic carbocycles. The molecule has 0 bridgehead atoms. The Balaban J connectivity index is 2.12. The number of carbonyl (C=O) groups excluding carboxylic acids is 1. The number of nitrogens with one attached hydrogen (secondary N) is 1. The molecule has 1 aliphatic rings. The van der Waals surface area contributed by atoms with Crippen molar-refractivity contribution in [3.8, 4) is 5.75 Å². The van der Waals surface area contributed by atoms with Crippen LogP contribution in [0.25, 0.3) is 0 Å². The van der Waals surface area contributed by atoms with E-state index in [0.717, 1.165) is 29.8 Å². The summed E-state index contributed by atoms with van der Waals surface area (Å²) in [5, 5.41) is 2.96. The predicted octanol–water partition coefficient (Wildman–Crippen LogP) is 3.15. The van der Waals surface area contributed by atoms with Crippen molar-refractivity contribution in [3.63, 3.8) is 0 Å². The van der Waals surface area contributed by atoms with Gasteiger partial charge in [-0.2, -0.15) is 0 Å². The molecular formula is C16H23NO3. The molecule has 1 aromatic rings. The third-order valence-corrected chi connectivity index (χ3v) is 3.90. The molecule has 1 saturated carbocycles. The molecule has 0 radical (unpaired) electrons. The lowest BCUT2D eigenvalue weighted by molar-refractivity contribution is -0.141. The van der Waals surface area contributed by atoms with E-state index in [1.54, 1.807) is 7.11 Å². The monoisotopic (exact) mass is 277 g/mol. The van der Waals surface area contributed by atoms with Crippen LogP contribution in [0.1, 0.15) is 32.3 Å². The first-order valence-electron chi connectivity index (χ1n) is 7.11. The van der Waals surface area contributed by atoms with E-state index >= 15 is 0 Å². The Kier molecular flexibility index (Phi) is 4.33. The standard InChI is InChI=1S/C16H23NO3/c1-5-20-16(3,12-6-7-12)15(18)17-13-8-9-14(19-4)11(2)10-13/h8-10,12H,5-7H2,1-4H3,(H,17,18)/t16-/m0/s1. The summed E-state index contributed by atoms with van der Waals surface area (Å²) in [7, 11) is 1.64. The van der Waals surface area contributed by atoms with Crippen molar-refractivity contribution in [2.24, 2.45) is 5.92 Å². The fourth-order valence-electron chi connectivity index (χ4n) is 2.51. The summed E-state index contributed by atoms with van der Waals surface area (Å²) in [6.07, 6.45) is 2.12. The molecule has 2 rings (SSSR count). The summed E-state index contributed by atoms with van der Waals surface area (Å²) in [5.74, 6) is 1.09. The lowest BCUT2D eigenvalue weighted by Crippen LogP contribution is -2.44. The van der Waals surface area contributed by atoms with E-state index in [2.05, 4.69) is 5.32 Å². The average Bonchev–Trinajstić information content (AvgIpc) is 3.23. The second-order valence-corrected chi connectivity index (χ2v) is 5.45. The van der Waals surface area contributed by atoms with Gasteiger partial charge < -0.3 is 14.8 Å². The lowest BCUT2D eigenvalue weighted by Gasteiger charge is -2.28. The SMILES string of the molecule is CCO[C@](C)(C(=O)Nc1ccc(OC)c(C)c1)C1CC1. The maximum Gasteiger partial charge on any atom is 0.256 e. The minimum Gasteiger partial charge on any atom is -0.496 e. The first-order valence-corrected chi connectivity index (χ1v) is 7.11. The first kappa shape index (κ1) is 14.9. The van der Waals surface area contributed by atoms with Gasteiger partial charge in [0.15, 0.2) is 0 Å². The molecule has 1 N–H and O–H groups in total. The molecule has 110 valence electrons. The van der Waals surface area contributed by atoms with E-state index in [1.807, 2.05) is 39.0 Å². The molecule has 1 atom stereocenters. The van der Waals surface area contributed by atoms with Crippen LogP contribution in [-0.4, -0.2) is 25.2 Å². The van der Waals surface area contributed by atoms with Crippen molar-refractivity contribution in [3.05, 3.63) is 23.8 Å². The van der Waals surface area contributed by atoms with Gasteiger partial charge in [-0.1, -0.05) is 0 Å². The largest absolute Gasteiger partial charge is 0.496 e. The summed E-state index contributed by atoms with van der Waals surface area (Å²) in [5.41, 5.74) is 1.05. The third-order valence-electron chi connectivity index (χ3n) is 3.90. The summed E-state index contributed by atoms with van der Waals surface area (Å²) in [6.45, 7) is 6.31. The van der Waals surface area contributed by atoms with Gasteiger partial charge in [-0.15, -0.1) is 0 Å². The number of carbonyl (C=O) groups is 1. The molecule has 1 amide bonds. The van der Waals surface area contributed by atoms with Crippen molar-refractivity contribution in [2.75, 3.05) is 19.0 Å². The Morgan fingerprint density at radius 3 is 2.65 bits per heavy atom. The van der Waals surface area contributed by atoms with Gasteiger partial charge >= 0.3 is 0 Å². The number of hydrogen-bond donors (Lipinski definition) is 1. The van der Waals surface area contributed by atoms with Crippen LogP contribution in [-0.2, 0) is 9.53 Å². The number of hydrogen-bond acceptors (Lipinski definition) is 3. The fourth-order valence-corrected chi connectivity index (χ4v) is 2.51. The average molecular weight is 277 g/mol. The highest BCUT2D eigenvalue weighted by Crippen LogP contribution is 2.42. The zero-order valence-electron chi connectivity index (χ0n) is 12.7. The Hall–Kier alpha value is -1.55. The quantitative estimate of drug-likeness (QED) is 0.869. The van der Waals surface area contributed by atoms with Crippen LogP contribution in [0.3, 0.4) is 0 Å². The third kappa shape index (κ3) is 2.96. The van der Waals surface area contributed by atoms with Crippen LogP contribution in [0.15, 0.2) is 18.2 Å². The highest BCUT2D eigenvalue weighted by molar-refractivity contribution is 5.97. The van der Waals surface area contributed by atoms with Gasteiger partial charge in [0.25, 0.3) is 5.91 Å². The van der Waals surface area contributed by atoms with E-state index in [0.29, 0.717) is 12.5 Å². The molecule has 4 heteroatoms. The summed E-state index contributed by atoms with van der Waals surface area (Å²) in [4.78, 5) is 12.5. The van der Waals surface area contributed by atoms with Gasteiger partial charge in [-0.25, -0.2) is 0 Å². The summed E-state index contributed by atoms with van der Waals surface area (Å²) in [6, 6.07) is 5.62. The second kappa shape index (κ2) is 5.83. The number of methoxy groups -OCH3 is 1. The predicted molar refractivity (Wildman–Crippen MR) is 79.1 cm³/mol. The zero-order chi connectivity index (χ0) is 14.8.